The maximum absolute atomic E-state index is 13.2. The number of rotatable bonds is 5. The number of nitrogens with zero attached hydrogens (tertiary/aromatic N) is 1. The molecule has 0 bridgehead atoms. The maximum atomic E-state index is 13.2. The SMILES string of the molecule is O=C(N1CCCC(COc2ccccc2)C1)C1(c2ccc(F)cc2)CC1. The molecule has 26 heavy (non-hydrogen) atoms. The standard InChI is InChI=1S/C22H24FNO2/c23-19-10-8-18(9-11-19)22(12-13-22)21(25)24-14-4-5-17(15-24)16-26-20-6-2-1-3-7-20/h1-3,6-11,17H,4-5,12-16H2. The molecule has 1 aliphatic heterocycles. The van der Waals surface area contributed by atoms with Gasteiger partial charge in [0.05, 0.1) is 12.0 Å². The van der Waals surface area contributed by atoms with Crippen LogP contribution in [0.2, 0.25) is 0 Å². The maximum Gasteiger partial charge on any atom is 0.233 e. The van der Waals surface area contributed by atoms with Gasteiger partial charge in [0.25, 0.3) is 0 Å². The first-order valence-electron chi connectivity index (χ1n) is 9.41. The predicted octanol–water partition coefficient (Wildman–Crippen LogP) is 4.17. The van der Waals surface area contributed by atoms with E-state index in [2.05, 4.69) is 0 Å². The van der Waals surface area contributed by atoms with Gasteiger partial charge >= 0.3 is 0 Å². The molecule has 1 unspecified atom stereocenters. The highest BCUT2D eigenvalue weighted by atomic mass is 19.1. The van der Waals surface area contributed by atoms with Crippen molar-refractivity contribution in [2.45, 2.75) is 31.1 Å². The van der Waals surface area contributed by atoms with Crippen LogP contribution in [-0.2, 0) is 10.2 Å². The molecule has 0 radical (unpaired) electrons. The molecule has 0 spiro atoms. The largest absolute Gasteiger partial charge is 0.493 e. The number of likely N-dealkylation sites (tertiary alicyclic amines) is 1. The van der Waals surface area contributed by atoms with Crippen molar-refractivity contribution in [3.8, 4) is 5.75 Å². The lowest BCUT2D eigenvalue weighted by atomic mass is 9.91. The van der Waals surface area contributed by atoms with Gasteiger partial charge in [-0.05, 0) is 55.5 Å². The van der Waals surface area contributed by atoms with Crippen LogP contribution in [0.3, 0.4) is 0 Å². The summed E-state index contributed by atoms with van der Waals surface area (Å²) in [7, 11) is 0. The van der Waals surface area contributed by atoms with Crippen molar-refractivity contribution >= 4 is 5.91 Å². The molecule has 2 aliphatic rings. The number of hydrogen-bond acceptors (Lipinski definition) is 2. The quantitative estimate of drug-likeness (QED) is 0.807. The fourth-order valence-corrected chi connectivity index (χ4v) is 3.94. The van der Waals surface area contributed by atoms with Gasteiger partial charge in [-0.15, -0.1) is 0 Å². The lowest BCUT2D eigenvalue weighted by Crippen LogP contribution is -2.46. The third-order valence-corrected chi connectivity index (χ3v) is 5.59. The Morgan fingerprint density at radius 2 is 1.85 bits per heavy atom. The third-order valence-electron chi connectivity index (χ3n) is 5.59. The molecular weight excluding hydrogens is 329 g/mol. The minimum atomic E-state index is -0.421. The van der Waals surface area contributed by atoms with Gasteiger partial charge < -0.3 is 9.64 Å². The molecule has 3 nitrogen and oxygen atoms in total. The van der Waals surface area contributed by atoms with Crippen LogP contribution in [0.25, 0.3) is 0 Å². The van der Waals surface area contributed by atoms with Crippen LogP contribution in [0.5, 0.6) is 5.75 Å². The second-order valence-electron chi connectivity index (χ2n) is 7.47. The summed E-state index contributed by atoms with van der Waals surface area (Å²) in [5.41, 5.74) is 0.530. The molecule has 1 atom stereocenters. The number of hydrogen-bond donors (Lipinski definition) is 0. The van der Waals surface area contributed by atoms with Crippen LogP contribution in [0.1, 0.15) is 31.2 Å². The highest BCUT2D eigenvalue weighted by Crippen LogP contribution is 2.50. The van der Waals surface area contributed by atoms with E-state index in [4.69, 9.17) is 4.74 Å². The Balaban J connectivity index is 1.39. The van der Waals surface area contributed by atoms with Crippen LogP contribution in [-0.4, -0.2) is 30.5 Å². The molecule has 0 N–H and O–H groups in total. The fourth-order valence-electron chi connectivity index (χ4n) is 3.94. The Kier molecular flexibility index (Phi) is 4.66. The molecule has 0 aromatic heterocycles. The minimum absolute atomic E-state index is 0.202. The topological polar surface area (TPSA) is 29.5 Å². The smallest absolute Gasteiger partial charge is 0.233 e. The molecule has 1 heterocycles. The molecule has 136 valence electrons. The third kappa shape index (κ3) is 3.46. The van der Waals surface area contributed by atoms with Crippen LogP contribution < -0.4 is 4.74 Å². The predicted molar refractivity (Wildman–Crippen MR) is 98.6 cm³/mol. The van der Waals surface area contributed by atoms with E-state index in [1.807, 2.05) is 35.2 Å². The van der Waals surface area contributed by atoms with Crippen LogP contribution in [0.4, 0.5) is 4.39 Å². The van der Waals surface area contributed by atoms with Gasteiger partial charge in [0.15, 0.2) is 0 Å². The van der Waals surface area contributed by atoms with Crippen LogP contribution >= 0.6 is 0 Å². The Morgan fingerprint density at radius 1 is 1.12 bits per heavy atom. The summed E-state index contributed by atoms with van der Waals surface area (Å²) in [6.45, 7) is 2.19. The van der Waals surface area contributed by atoms with E-state index in [-0.39, 0.29) is 11.7 Å². The molecule has 1 saturated carbocycles. The number of carbonyl (C=O) groups excluding carboxylic acids is 1. The van der Waals surface area contributed by atoms with Crippen LogP contribution in [0, 0.1) is 11.7 Å². The zero-order valence-corrected chi connectivity index (χ0v) is 14.9. The summed E-state index contributed by atoms with van der Waals surface area (Å²) in [5.74, 6) is 1.18. The fraction of sp³-hybridized carbons (Fsp3) is 0.409. The van der Waals surface area contributed by atoms with Gasteiger partial charge in [-0.3, -0.25) is 4.79 Å². The molecule has 1 aliphatic carbocycles. The number of piperidine rings is 1. The molecule has 4 heteroatoms. The number of ether oxygens (including phenoxy) is 1. The van der Waals surface area contributed by atoms with Gasteiger partial charge in [-0.25, -0.2) is 4.39 Å². The average Bonchev–Trinajstić information content (AvgIpc) is 3.49. The summed E-state index contributed by atoms with van der Waals surface area (Å²) in [6.07, 6.45) is 3.81. The van der Waals surface area contributed by atoms with Crippen molar-refractivity contribution in [1.82, 2.24) is 4.90 Å². The molecule has 1 saturated heterocycles. The first-order chi connectivity index (χ1) is 12.7. The Bertz CT molecular complexity index is 755. The van der Waals surface area contributed by atoms with Crippen molar-refractivity contribution < 1.29 is 13.9 Å². The van der Waals surface area contributed by atoms with E-state index in [1.165, 1.54) is 12.1 Å². The van der Waals surface area contributed by atoms with E-state index in [0.29, 0.717) is 12.5 Å². The number of benzene rings is 2. The van der Waals surface area contributed by atoms with Gasteiger partial charge in [0.1, 0.15) is 11.6 Å². The molecular formula is C22H24FNO2. The summed E-state index contributed by atoms with van der Waals surface area (Å²) in [5, 5.41) is 0. The van der Waals surface area contributed by atoms with Crippen molar-refractivity contribution in [1.29, 1.82) is 0 Å². The van der Waals surface area contributed by atoms with Crippen molar-refractivity contribution in [2.24, 2.45) is 5.92 Å². The Morgan fingerprint density at radius 3 is 2.54 bits per heavy atom. The average molecular weight is 353 g/mol. The van der Waals surface area contributed by atoms with E-state index >= 15 is 0 Å². The van der Waals surface area contributed by atoms with Crippen molar-refractivity contribution in [2.75, 3.05) is 19.7 Å². The van der Waals surface area contributed by atoms with Crippen molar-refractivity contribution in [3.05, 3.63) is 66.0 Å². The lowest BCUT2D eigenvalue weighted by molar-refractivity contribution is -0.136. The number of carbonyl (C=O) groups is 1. The molecule has 4 rings (SSSR count). The van der Waals surface area contributed by atoms with E-state index in [0.717, 1.165) is 50.1 Å². The highest BCUT2D eigenvalue weighted by Gasteiger charge is 2.53. The van der Waals surface area contributed by atoms with Gasteiger partial charge in [0.2, 0.25) is 5.91 Å². The highest BCUT2D eigenvalue weighted by molar-refractivity contribution is 5.91. The zero-order chi connectivity index (χ0) is 18.0. The zero-order valence-electron chi connectivity index (χ0n) is 14.9. The van der Waals surface area contributed by atoms with Crippen molar-refractivity contribution in [3.63, 3.8) is 0 Å². The summed E-state index contributed by atoms with van der Waals surface area (Å²) >= 11 is 0. The van der Waals surface area contributed by atoms with E-state index in [1.54, 1.807) is 12.1 Å². The molecule has 2 aromatic carbocycles. The molecule has 2 aromatic rings. The van der Waals surface area contributed by atoms with Gasteiger partial charge in [0, 0.05) is 19.0 Å². The van der Waals surface area contributed by atoms with Gasteiger partial charge in [-0.1, -0.05) is 30.3 Å². The van der Waals surface area contributed by atoms with Crippen LogP contribution in [0.15, 0.2) is 54.6 Å². The lowest BCUT2D eigenvalue weighted by Gasteiger charge is -2.35. The Labute approximate surface area is 153 Å². The van der Waals surface area contributed by atoms with E-state index in [9.17, 15) is 9.18 Å². The molecule has 2 fully saturated rings. The van der Waals surface area contributed by atoms with Gasteiger partial charge in [-0.2, -0.15) is 0 Å². The second-order valence-corrected chi connectivity index (χ2v) is 7.47. The first-order valence-corrected chi connectivity index (χ1v) is 9.41. The normalized spacial score (nSPS) is 21.3. The monoisotopic (exact) mass is 353 g/mol. The number of para-hydroxylation sites is 1. The molecule has 1 amide bonds. The van der Waals surface area contributed by atoms with E-state index < -0.39 is 5.41 Å². The summed E-state index contributed by atoms with van der Waals surface area (Å²) in [4.78, 5) is 15.2. The number of amides is 1. The number of halogens is 1. The summed E-state index contributed by atoms with van der Waals surface area (Å²) in [6, 6.07) is 16.2. The summed E-state index contributed by atoms with van der Waals surface area (Å²) < 4.78 is 19.1. The second kappa shape index (κ2) is 7.10. The first kappa shape index (κ1) is 17.1. The minimum Gasteiger partial charge on any atom is -0.493 e. The Hall–Kier alpha value is -2.36.